The maximum atomic E-state index is 10.6. The normalized spacial score (nSPS) is 13.0. The third-order valence-corrected chi connectivity index (χ3v) is 5.65. The molecule has 0 saturated heterocycles. The fourth-order valence-corrected chi connectivity index (χ4v) is 3.62. The second-order valence-electron chi connectivity index (χ2n) is 8.41. The van der Waals surface area contributed by atoms with Gasteiger partial charge in [-0.15, -0.1) is 0 Å². The van der Waals surface area contributed by atoms with Crippen molar-refractivity contribution in [3.63, 3.8) is 0 Å². The molecule has 0 aromatic rings. The number of carboxylic acids is 1. The minimum absolute atomic E-state index is 0.0129. The number of hydrogen-bond donors (Lipinski definition) is 4. The highest BCUT2D eigenvalue weighted by atomic mass is 31.2. The molecular weight excluding hydrogens is 447 g/mol. The van der Waals surface area contributed by atoms with E-state index in [1.807, 2.05) is 0 Å². The van der Waals surface area contributed by atoms with Crippen molar-refractivity contribution >= 4 is 19.8 Å². The molecule has 198 valence electrons. The van der Waals surface area contributed by atoms with Gasteiger partial charge in [0.15, 0.2) is 5.96 Å². The van der Waals surface area contributed by atoms with Gasteiger partial charge in [0.25, 0.3) is 0 Å². The Kier molecular flexibility index (Phi) is 23.3. The molecule has 7 N–H and O–H groups in total. The smallest absolute Gasteiger partial charge is 0.320 e. The number of nitrogens with zero attached hydrogens (tertiary/aromatic N) is 1. The van der Waals surface area contributed by atoms with Gasteiger partial charge in [-0.25, -0.2) is 0 Å². The summed E-state index contributed by atoms with van der Waals surface area (Å²) in [4.78, 5) is 35.1. The van der Waals surface area contributed by atoms with Crippen molar-refractivity contribution in [3.05, 3.63) is 0 Å². The molecule has 0 aromatic heterocycles. The van der Waals surface area contributed by atoms with Crippen molar-refractivity contribution in [1.29, 1.82) is 0 Å². The maximum absolute atomic E-state index is 10.6. The van der Waals surface area contributed by atoms with E-state index in [0.29, 0.717) is 19.4 Å². The fourth-order valence-electron chi connectivity index (χ4n) is 3.22. The van der Waals surface area contributed by atoms with Crippen LogP contribution in [-0.2, 0) is 13.9 Å². The van der Waals surface area contributed by atoms with Gasteiger partial charge >= 0.3 is 5.97 Å². The van der Waals surface area contributed by atoms with Crippen LogP contribution in [0.1, 0.15) is 104 Å². The first-order valence-electron chi connectivity index (χ1n) is 12.2. The Balaban J connectivity index is 0. The third kappa shape index (κ3) is 28.8. The number of guanidine groups is 1. The van der Waals surface area contributed by atoms with Crippen molar-refractivity contribution in [1.82, 2.24) is 0 Å². The molecule has 0 fully saturated rings. The van der Waals surface area contributed by atoms with Gasteiger partial charge in [-0.2, -0.15) is 0 Å². The van der Waals surface area contributed by atoms with Gasteiger partial charge in [0, 0.05) is 6.54 Å². The maximum Gasteiger partial charge on any atom is 0.320 e. The SMILES string of the molecule is CCCCCCCCC(CCCCCC)COP(=O)([O-])[O-].NC(N)=NCCCC(N)C(=O)O. The lowest BCUT2D eigenvalue weighted by Gasteiger charge is -2.31. The molecule has 0 aromatic carbocycles. The fraction of sp³-hybridized carbons (Fsp3) is 0.909. The van der Waals surface area contributed by atoms with Crippen LogP contribution in [-0.4, -0.2) is 36.2 Å². The number of rotatable bonds is 20. The summed E-state index contributed by atoms with van der Waals surface area (Å²) in [7, 11) is -4.82. The minimum Gasteiger partial charge on any atom is -0.790 e. The summed E-state index contributed by atoms with van der Waals surface area (Å²) < 4.78 is 15.1. The molecule has 33 heavy (non-hydrogen) atoms. The molecule has 0 aliphatic carbocycles. The van der Waals surface area contributed by atoms with Crippen LogP contribution in [0.4, 0.5) is 0 Å². The van der Waals surface area contributed by atoms with Crippen LogP contribution < -0.4 is 27.0 Å². The molecule has 2 atom stereocenters. The molecule has 11 heteroatoms. The third-order valence-electron chi connectivity index (χ3n) is 5.19. The summed E-state index contributed by atoms with van der Waals surface area (Å²) in [5, 5.41) is 8.38. The lowest BCUT2D eigenvalue weighted by Crippen LogP contribution is -2.30. The van der Waals surface area contributed by atoms with Crippen LogP contribution in [0.25, 0.3) is 0 Å². The van der Waals surface area contributed by atoms with E-state index in [4.69, 9.17) is 22.3 Å². The first-order valence-corrected chi connectivity index (χ1v) is 13.7. The van der Waals surface area contributed by atoms with Gasteiger partial charge in [-0.05, 0) is 31.6 Å². The summed E-state index contributed by atoms with van der Waals surface area (Å²) in [6.07, 6.45) is 14.9. The van der Waals surface area contributed by atoms with E-state index >= 15 is 0 Å². The van der Waals surface area contributed by atoms with Crippen molar-refractivity contribution in [3.8, 4) is 0 Å². The van der Waals surface area contributed by atoms with Gasteiger partial charge < -0.3 is 41.2 Å². The first kappa shape index (κ1) is 34.0. The van der Waals surface area contributed by atoms with E-state index in [0.717, 1.165) is 25.7 Å². The molecule has 0 bridgehead atoms. The second kappa shape index (κ2) is 22.6. The van der Waals surface area contributed by atoms with Crippen molar-refractivity contribution < 1.29 is 28.8 Å². The summed E-state index contributed by atoms with van der Waals surface area (Å²) in [5.74, 6) is -0.775. The molecule has 0 spiro atoms. The average Bonchev–Trinajstić information content (AvgIpc) is 2.73. The zero-order valence-corrected chi connectivity index (χ0v) is 21.5. The Hall–Kier alpha value is -1.19. The van der Waals surface area contributed by atoms with Crippen LogP contribution in [0.15, 0.2) is 4.99 Å². The number of phosphoric ester groups is 1. The van der Waals surface area contributed by atoms with Crippen molar-refractivity contribution in [2.24, 2.45) is 28.1 Å². The predicted octanol–water partition coefficient (Wildman–Crippen LogP) is 2.62. The summed E-state index contributed by atoms with van der Waals surface area (Å²) in [5.41, 5.74) is 15.3. The molecule has 0 radical (unpaired) electrons. The van der Waals surface area contributed by atoms with Crippen LogP contribution >= 0.6 is 7.82 Å². The molecular formula is C22H47N4O6P-2. The second-order valence-corrected chi connectivity index (χ2v) is 9.56. The quantitative estimate of drug-likeness (QED) is 0.0849. The number of aliphatic carboxylic acids is 1. The summed E-state index contributed by atoms with van der Waals surface area (Å²) in [6, 6.07) is -0.820. The van der Waals surface area contributed by atoms with E-state index in [-0.39, 0.29) is 18.5 Å². The Morgan fingerprint density at radius 1 is 0.909 bits per heavy atom. The van der Waals surface area contributed by atoms with Gasteiger partial charge in [-0.1, -0.05) is 78.1 Å². The number of nitrogens with two attached hydrogens (primary N) is 3. The monoisotopic (exact) mass is 494 g/mol. The lowest BCUT2D eigenvalue weighted by molar-refractivity contribution is -0.342. The van der Waals surface area contributed by atoms with Crippen molar-refractivity contribution in [2.75, 3.05) is 13.2 Å². The van der Waals surface area contributed by atoms with Crippen LogP contribution in [0.3, 0.4) is 0 Å². The highest BCUT2D eigenvalue weighted by Crippen LogP contribution is 2.28. The molecule has 2 unspecified atom stereocenters. The number of hydrogen-bond acceptors (Lipinski definition) is 7. The molecule has 0 aliphatic heterocycles. The van der Waals surface area contributed by atoms with Crippen molar-refractivity contribution in [2.45, 2.75) is 110 Å². The molecule has 0 saturated carbocycles. The Bertz CT molecular complexity index is 541. The number of phosphoric acid groups is 1. The highest BCUT2D eigenvalue weighted by molar-refractivity contribution is 7.43. The predicted molar refractivity (Wildman–Crippen MR) is 129 cm³/mol. The van der Waals surface area contributed by atoms with E-state index in [1.54, 1.807) is 0 Å². The van der Waals surface area contributed by atoms with E-state index in [2.05, 4.69) is 23.4 Å². The molecule has 0 aliphatic rings. The van der Waals surface area contributed by atoms with E-state index in [9.17, 15) is 19.1 Å². The lowest BCUT2D eigenvalue weighted by atomic mass is 9.95. The first-order chi connectivity index (χ1) is 15.5. The minimum atomic E-state index is -4.82. The number of aliphatic imine (C=N–C) groups is 1. The Morgan fingerprint density at radius 3 is 1.85 bits per heavy atom. The zero-order valence-electron chi connectivity index (χ0n) is 20.6. The van der Waals surface area contributed by atoms with Gasteiger partial charge in [0.05, 0.1) is 14.4 Å². The Morgan fingerprint density at radius 2 is 1.39 bits per heavy atom. The number of carboxylic acid groups (broad SMARTS) is 1. The van der Waals surface area contributed by atoms with Gasteiger partial charge in [0.2, 0.25) is 0 Å². The van der Waals surface area contributed by atoms with Crippen LogP contribution in [0, 0.1) is 5.92 Å². The molecule has 10 nitrogen and oxygen atoms in total. The zero-order chi connectivity index (χ0) is 25.5. The summed E-state index contributed by atoms with van der Waals surface area (Å²) >= 11 is 0. The van der Waals surface area contributed by atoms with E-state index in [1.165, 1.54) is 51.4 Å². The largest absolute Gasteiger partial charge is 0.790 e. The van der Waals surface area contributed by atoms with Crippen LogP contribution in [0.5, 0.6) is 0 Å². The van der Waals surface area contributed by atoms with Gasteiger partial charge in [0.1, 0.15) is 6.04 Å². The number of unbranched alkanes of at least 4 members (excludes halogenated alkanes) is 8. The average molecular weight is 495 g/mol. The Labute approximate surface area is 200 Å². The van der Waals surface area contributed by atoms with E-state index < -0.39 is 19.8 Å². The highest BCUT2D eigenvalue weighted by Gasteiger charge is 2.10. The van der Waals surface area contributed by atoms with Crippen LogP contribution in [0.2, 0.25) is 0 Å². The topological polar surface area (TPSA) is 200 Å². The molecule has 0 rings (SSSR count). The molecule has 0 amide bonds. The van der Waals surface area contributed by atoms with Gasteiger partial charge in [-0.3, -0.25) is 9.79 Å². The standard InChI is InChI=1S/C16H35O4P.C6H14N4O2/c1-3-5-7-9-10-12-14-16(13-11-8-6-4-2)15-20-21(17,18)19;7-4(5(11)12)2-1-3-10-6(8)9/h16H,3-15H2,1-2H3,(H2,17,18,19);4H,1-3,7H2,(H,11,12)(H4,8,9,10)/p-2. The number of carbonyl (C=O) groups is 1. The molecule has 0 heterocycles. The summed E-state index contributed by atoms with van der Waals surface area (Å²) in [6.45, 7) is 4.87.